The largest absolute Gasteiger partial charge is 0.493 e. The Balaban J connectivity index is 1.32. The van der Waals surface area contributed by atoms with E-state index >= 15 is 0 Å². The van der Waals surface area contributed by atoms with E-state index in [1.165, 1.54) is 45.6 Å². The van der Waals surface area contributed by atoms with Crippen molar-refractivity contribution in [3.8, 4) is 34.1 Å². The van der Waals surface area contributed by atoms with Gasteiger partial charge < -0.3 is 23.9 Å². The van der Waals surface area contributed by atoms with E-state index in [9.17, 15) is 14.4 Å². The molecule has 0 saturated heterocycles. The number of nitrogens with zero attached hydrogens (tertiary/aromatic N) is 1. The standard InChI is InChI=1S/C34H29N3O7/c1-20-10-13-26-25(16-20)31(23-8-6-5-7-9-23)32(36-26)33(39)37-35-19-22-11-14-28(29(17-22)41-3)44-34(40)24-12-15-27(43-21(2)38)30(18-24)42-4/h5-19,36H,1-4H3,(H,37,39). The molecule has 0 atom stereocenters. The van der Waals surface area contributed by atoms with Crippen molar-refractivity contribution >= 4 is 35.0 Å². The van der Waals surface area contributed by atoms with Crippen LogP contribution in [0.1, 0.15) is 38.9 Å². The Bertz CT molecular complexity index is 1890. The second-order valence-electron chi connectivity index (χ2n) is 9.75. The lowest BCUT2D eigenvalue weighted by Gasteiger charge is -2.12. The first-order valence-electron chi connectivity index (χ1n) is 13.5. The maximum atomic E-state index is 13.3. The van der Waals surface area contributed by atoms with E-state index in [2.05, 4.69) is 15.5 Å². The van der Waals surface area contributed by atoms with Gasteiger partial charge in [-0.2, -0.15) is 5.10 Å². The van der Waals surface area contributed by atoms with Crippen LogP contribution in [0.5, 0.6) is 23.0 Å². The summed E-state index contributed by atoms with van der Waals surface area (Å²) in [6.07, 6.45) is 1.46. The molecule has 5 rings (SSSR count). The first-order valence-corrected chi connectivity index (χ1v) is 13.5. The van der Waals surface area contributed by atoms with Crippen molar-refractivity contribution in [2.24, 2.45) is 5.10 Å². The number of hydrogen-bond donors (Lipinski definition) is 2. The lowest BCUT2D eigenvalue weighted by molar-refractivity contribution is -0.132. The van der Waals surface area contributed by atoms with Crippen LogP contribution in [0.2, 0.25) is 0 Å². The lowest BCUT2D eigenvalue weighted by atomic mass is 10.0. The Morgan fingerprint density at radius 3 is 2.23 bits per heavy atom. The molecule has 0 spiro atoms. The van der Waals surface area contributed by atoms with Crippen LogP contribution in [-0.2, 0) is 4.79 Å². The zero-order valence-corrected chi connectivity index (χ0v) is 24.5. The molecule has 0 bridgehead atoms. The number of rotatable bonds is 9. The number of aryl methyl sites for hydroxylation is 1. The molecule has 1 amide bonds. The number of esters is 2. The molecule has 10 nitrogen and oxygen atoms in total. The molecular weight excluding hydrogens is 562 g/mol. The third kappa shape index (κ3) is 6.44. The third-order valence-corrected chi connectivity index (χ3v) is 6.67. The van der Waals surface area contributed by atoms with E-state index < -0.39 is 17.8 Å². The number of carbonyl (C=O) groups excluding carboxylic acids is 3. The van der Waals surface area contributed by atoms with Crippen molar-refractivity contribution in [1.29, 1.82) is 0 Å². The van der Waals surface area contributed by atoms with Gasteiger partial charge in [0.25, 0.3) is 5.91 Å². The summed E-state index contributed by atoms with van der Waals surface area (Å²) in [5.41, 5.74) is 7.39. The number of amides is 1. The second kappa shape index (κ2) is 13.0. The second-order valence-corrected chi connectivity index (χ2v) is 9.75. The van der Waals surface area contributed by atoms with Gasteiger partial charge in [-0.3, -0.25) is 9.59 Å². The molecule has 44 heavy (non-hydrogen) atoms. The quantitative estimate of drug-likeness (QED) is 0.0922. The van der Waals surface area contributed by atoms with Crippen LogP contribution in [0.15, 0.2) is 90.0 Å². The van der Waals surface area contributed by atoms with E-state index in [-0.39, 0.29) is 28.6 Å². The number of ether oxygens (including phenoxy) is 4. The van der Waals surface area contributed by atoms with Crippen molar-refractivity contribution in [3.05, 3.63) is 107 Å². The van der Waals surface area contributed by atoms with Crippen LogP contribution in [-0.4, -0.2) is 43.3 Å². The highest BCUT2D eigenvalue weighted by Crippen LogP contribution is 2.34. The smallest absolute Gasteiger partial charge is 0.343 e. The van der Waals surface area contributed by atoms with Gasteiger partial charge in [-0.25, -0.2) is 10.2 Å². The number of methoxy groups -OCH3 is 2. The van der Waals surface area contributed by atoms with Crippen LogP contribution in [0.4, 0.5) is 0 Å². The number of benzene rings is 4. The predicted octanol–water partition coefficient (Wildman–Crippen LogP) is 6.07. The Kier molecular flexibility index (Phi) is 8.71. The summed E-state index contributed by atoms with van der Waals surface area (Å²) in [6.45, 7) is 3.27. The van der Waals surface area contributed by atoms with Gasteiger partial charge in [0, 0.05) is 23.4 Å². The van der Waals surface area contributed by atoms with E-state index in [0.717, 1.165) is 27.6 Å². The maximum Gasteiger partial charge on any atom is 0.343 e. The van der Waals surface area contributed by atoms with Gasteiger partial charge in [-0.1, -0.05) is 42.0 Å². The minimum atomic E-state index is -0.674. The molecule has 0 aliphatic carbocycles. The highest BCUT2D eigenvalue weighted by atomic mass is 16.6. The summed E-state index contributed by atoms with van der Waals surface area (Å²) in [4.78, 5) is 40.6. The number of hydrazone groups is 1. The molecule has 10 heteroatoms. The Morgan fingerprint density at radius 1 is 0.795 bits per heavy atom. The first kappa shape index (κ1) is 29.6. The molecule has 0 aliphatic heterocycles. The van der Waals surface area contributed by atoms with Crippen molar-refractivity contribution in [3.63, 3.8) is 0 Å². The van der Waals surface area contributed by atoms with Crippen molar-refractivity contribution in [2.45, 2.75) is 13.8 Å². The van der Waals surface area contributed by atoms with E-state index in [4.69, 9.17) is 18.9 Å². The summed E-state index contributed by atoms with van der Waals surface area (Å²) in [5.74, 6) is -0.767. The SMILES string of the molecule is COc1cc(C(=O)Oc2ccc(C=NNC(=O)c3[nH]c4ccc(C)cc4c3-c3ccccc3)cc2OC)ccc1OC(C)=O. The van der Waals surface area contributed by atoms with Gasteiger partial charge in [-0.05, 0) is 66.6 Å². The normalized spacial score (nSPS) is 10.9. The molecule has 222 valence electrons. The van der Waals surface area contributed by atoms with E-state index in [1.54, 1.807) is 18.2 Å². The minimum Gasteiger partial charge on any atom is -0.493 e. The molecule has 0 aliphatic rings. The van der Waals surface area contributed by atoms with Crippen LogP contribution < -0.4 is 24.4 Å². The van der Waals surface area contributed by atoms with Crippen molar-refractivity contribution in [1.82, 2.24) is 10.4 Å². The van der Waals surface area contributed by atoms with Crippen LogP contribution in [0, 0.1) is 6.92 Å². The minimum absolute atomic E-state index is 0.169. The number of aromatic amines is 1. The zero-order valence-electron chi connectivity index (χ0n) is 24.5. The van der Waals surface area contributed by atoms with Crippen LogP contribution in [0.25, 0.3) is 22.0 Å². The summed E-state index contributed by atoms with van der Waals surface area (Å²) < 4.78 is 21.3. The van der Waals surface area contributed by atoms with Gasteiger partial charge in [0.2, 0.25) is 0 Å². The number of carbonyl (C=O) groups is 3. The number of hydrogen-bond acceptors (Lipinski definition) is 8. The number of nitrogens with one attached hydrogen (secondary N) is 2. The van der Waals surface area contributed by atoms with Gasteiger partial charge in [0.15, 0.2) is 23.0 Å². The fourth-order valence-corrected chi connectivity index (χ4v) is 4.64. The Labute approximate surface area is 253 Å². The highest BCUT2D eigenvalue weighted by molar-refractivity contribution is 6.10. The Hall–Kier alpha value is -5.90. The van der Waals surface area contributed by atoms with Crippen LogP contribution in [0.3, 0.4) is 0 Å². The first-order chi connectivity index (χ1) is 21.3. The molecule has 4 aromatic carbocycles. The van der Waals surface area contributed by atoms with E-state index in [0.29, 0.717) is 11.3 Å². The molecule has 0 fully saturated rings. The molecular formula is C34H29N3O7. The highest BCUT2D eigenvalue weighted by Gasteiger charge is 2.20. The number of aromatic nitrogens is 1. The molecule has 0 radical (unpaired) electrons. The molecule has 1 heterocycles. The number of fused-ring (bicyclic) bond motifs is 1. The monoisotopic (exact) mass is 591 g/mol. The summed E-state index contributed by atoms with van der Waals surface area (Å²) in [7, 11) is 2.83. The van der Waals surface area contributed by atoms with E-state index in [1.807, 2.05) is 55.5 Å². The maximum absolute atomic E-state index is 13.3. The van der Waals surface area contributed by atoms with Crippen molar-refractivity contribution < 1.29 is 33.3 Å². The average molecular weight is 592 g/mol. The molecule has 1 aromatic heterocycles. The molecule has 2 N–H and O–H groups in total. The van der Waals surface area contributed by atoms with Crippen molar-refractivity contribution in [2.75, 3.05) is 14.2 Å². The number of H-pyrrole nitrogens is 1. The predicted molar refractivity (Wildman–Crippen MR) is 166 cm³/mol. The van der Waals surface area contributed by atoms with Gasteiger partial charge in [0.1, 0.15) is 5.69 Å². The average Bonchev–Trinajstić information content (AvgIpc) is 3.40. The Morgan fingerprint density at radius 2 is 1.50 bits per heavy atom. The summed E-state index contributed by atoms with van der Waals surface area (Å²) >= 11 is 0. The van der Waals surface area contributed by atoms with Crippen LogP contribution >= 0.6 is 0 Å². The van der Waals surface area contributed by atoms with Gasteiger partial charge >= 0.3 is 11.9 Å². The molecule has 5 aromatic rings. The summed E-state index contributed by atoms with van der Waals surface area (Å²) in [5, 5.41) is 5.09. The third-order valence-electron chi connectivity index (χ3n) is 6.67. The molecule has 0 saturated carbocycles. The molecule has 0 unspecified atom stereocenters. The topological polar surface area (TPSA) is 128 Å². The zero-order chi connectivity index (χ0) is 31.2. The lowest BCUT2D eigenvalue weighted by Crippen LogP contribution is -2.18. The van der Waals surface area contributed by atoms with Gasteiger partial charge in [0.05, 0.1) is 26.0 Å². The fourth-order valence-electron chi connectivity index (χ4n) is 4.64. The summed E-state index contributed by atoms with van der Waals surface area (Å²) in [6, 6.07) is 24.8. The van der Waals surface area contributed by atoms with Gasteiger partial charge in [-0.15, -0.1) is 0 Å². The fraction of sp³-hybridized carbons (Fsp3) is 0.118.